The van der Waals surface area contributed by atoms with E-state index in [-0.39, 0.29) is 0 Å². The van der Waals surface area contributed by atoms with Crippen molar-refractivity contribution in [3.8, 4) is 0 Å². The first kappa shape index (κ1) is 7.54. The van der Waals surface area contributed by atoms with Crippen LogP contribution in [0.15, 0.2) is 12.3 Å². The van der Waals surface area contributed by atoms with Crippen LogP contribution in [0.2, 0.25) is 0 Å². The minimum absolute atomic E-state index is 0.532. The molecule has 0 heterocycles. The largest absolute Gasteiger partial charge is 0.516 e. The summed E-state index contributed by atoms with van der Waals surface area (Å²) in [6.07, 6.45) is 5.28. The SMILES string of the molecule is CCCC(C)/C=C/O. The van der Waals surface area contributed by atoms with Gasteiger partial charge in [0, 0.05) is 0 Å². The van der Waals surface area contributed by atoms with Gasteiger partial charge in [0.1, 0.15) is 0 Å². The van der Waals surface area contributed by atoms with Gasteiger partial charge < -0.3 is 5.11 Å². The molecule has 0 aromatic rings. The summed E-state index contributed by atoms with van der Waals surface area (Å²) in [5.74, 6) is 0.532. The second-order valence-corrected chi connectivity index (χ2v) is 2.11. The van der Waals surface area contributed by atoms with Crippen molar-refractivity contribution in [3.05, 3.63) is 12.3 Å². The summed E-state index contributed by atoms with van der Waals surface area (Å²) < 4.78 is 0. The zero-order chi connectivity index (χ0) is 6.41. The van der Waals surface area contributed by atoms with E-state index < -0.39 is 0 Å². The summed E-state index contributed by atoms with van der Waals surface area (Å²) in [6, 6.07) is 0. The highest BCUT2D eigenvalue weighted by atomic mass is 16.2. The quantitative estimate of drug-likeness (QED) is 0.559. The van der Waals surface area contributed by atoms with Gasteiger partial charge in [0.15, 0.2) is 0 Å². The lowest BCUT2D eigenvalue weighted by atomic mass is 10.1. The second kappa shape index (κ2) is 4.69. The zero-order valence-electron chi connectivity index (χ0n) is 5.59. The molecule has 48 valence electrons. The maximum absolute atomic E-state index is 8.28. The molecule has 0 amide bonds. The molecule has 0 rings (SSSR count). The lowest BCUT2D eigenvalue weighted by molar-refractivity contribution is 0.462. The Kier molecular flexibility index (Phi) is 4.42. The first-order chi connectivity index (χ1) is 3.81. The molecular formula is C7H14O. The Bertz CT molecular complexity index is 66.8. The summed E-state index contributed by atoms with van der Waals surface area (Å²) in [7, 11) is 0. The minimum Gasteiger partial charge on any atom is -0.516 e. The van der Waals surface area contributed by atoms with Crippen LogP contribution in [-0.2, 0) is 0 Å². The van der Waals surface area contributed by atoms with E-state index in [9.17, 15) is 0 Å². The second-order valence-electron chi connectivity index (χ2n) is 2.11. The van der Waals surface area contributed by atoms with Crippen LogP contribution in [0.5, 0.6) is 0 Å². The molecule has 0 aromatic carbocycles. The van der Waals surface area contributed by atoms with Crippen molar-refractivity contribution in [1.29, 1.82) is 0 Å². The van der Waals surface area contributed by atoms with Crippen molar-refractivity contribution in [2.75, 3.05) is 0 Å². The number of rotatable bonds is 3. The van der Waals surface area contributed by atoms with E-state index >= 15 is 0 Å². The van der Waals surface area contributed by atoms with E-state index in [1.165, 1.54) is 6.42 Å². The van der Waals surface area contributed by atoms with Crippen LogP contribution in [-0.4, -0.2) is 5.11 Å². The van der Waals surface area contributed by atoms with Crippen LogP contribution < -0.4 is 0 Å². The lowest BCUT2D eigenvalue weighted by Gasteiger charge is -1.99. The Balaban J connectivity index is 3.17. The number of aliphatic hydroxyl groups is 1. The van der Waals surface area contributed by atoms with E-state index in [0.29, 0.717) is 5.92 Å². The van der Waals surface area contributed by atoms with E-state index in [1.807, 2.05) is 6.08 Å². The zero-order valence-corrected chi connectivity index (χ0v) is 5.59. The van der Waals surface area contributed by atoms with E-state index in [1.54, 1.807) is 0 Å². The maximum Gasteiger partial charge on any atom is 0.0754 e. The van der Waals surface area contributed by atoms with Crippen LogP contribution in [0, 0.1) is 5.92 Å². The third kappa shape index (κ3) is 3.72. The van der Waals surface area contributed by atoms with Gasteiger partial charge in [-0.1, -0.05) is 20.3 Å². The number of allylic oxidation sites excluding steroid dienone is 1. The Morgan fingerprint density at radius 3 is 2.62 bits per heavy atom. The van der Waals surface area contributed by atoms with Gasteiger partial charge >= 0.3 is 0 Å². The summed E-state index contributed by atoms with van der Waals surface area (Å²) in [6.45, 7) is 4.23. The maximum atomic E-state index is 8.28. The summed E-state index contributed by atoms with van der Waals surface area (Å²) in [4.78, 5) is 0. The lowest BCUT2D eigenvalue weighted by Crippen LogP contribution is -1.86. The third-order valence-corrected chi connectivity index (χ3v) is 1.16. The average Bonchev–Trinajstić information content (AvgIpc) is 1.68. The molecule has 8 heavy (non-hydrogen) atoms. The Morgan fingerprint density at radius 2 is 2.25 bits per heavy atom. The van der Waals surface area contributed by atoms with Gasteiger partial charge in [0.05, 0.1) is 6.26 Å². The molecule has 0 saturated carbocycles. The van der Waals surface area contributed by atoms with E-state index in [2.05, 4.69) is 13.8 Å². The molecule has 0 aliphatic rings. The Morgan fingerprint density at radius 1 is 1.62 bits per heavy atom. The van der Waals surface area contributed by atoms with Crippen LogP contribution in [0.4, 0.5) is 0 Å². The van der Waals surface area contributed by atoms with Crippen molar-refractivity contribution < 1.29 is 5.11 Å². The van der Waals surface area contributed by atoms with Gasteiger partial charge in [0.25, 0.3) is 0 Å². The summed E-state index contributed by atoms with van der Waals surface area (Å²) in [5.41, 5.74) is 0. The molecule has 1 heteroatoms. The van der Waals surface area contributed by atoms with Crippen molar-refractivity contribution in [2.24, 2.45) is 5.92 Å². The molecule has 1 nitrogen and oxygen atoms in total. The molecule has 0 spiro atoms. The molecule has 0 radical (unpaired) electrons. The highest BCUT2D eigenvalue weighted by Gasteiger charge is 1.91. The normalized spacial score (nSPS) is 14.8. The molecule has 0 aliphatic carbocycles. The van der Waals surface area contributed by atoms with Gasteiger partial charge in [-0.05, 0) is 18.4 Å². The molecule has 1 atom stereocenters. The Labute approximate surface area is 51.0 Å². The highest BCUT2D eigenvalue weighted by Crippen LogP contribution is 2.04. The molecule has 1 unspecified atom stereocenters. The fraction of sp³-hybridized carbons (Fsp3) is 0.714. The van der Waals surface area contributed by atoms with E-state index in [0.717, 1.165) is 12.7 Å². The smallest absolute Gasteiger partial charge is 0.0754 e. The van der Waals surface area contributed by atoms with Gasteiger partial charge in [-0.25, -0.2) is 0 Å². The summed E-state index contributed by atoms with van der Waals surface area (Å²) in [5, 5.41) is 8.28. The molecule has 0 fully saturated rings. The predicted molar refractivity (Wildman–Crippen MR) is 35.8 cm³/mol. The Hall–Kier alpha value is -0.460. The topological polar surface area (TPSA) is 20.2 Å². The van der Waals surface area contributed by atoms with Crippen LogP contribution >= 0.6 is 0 Å². The average molecular weight is 114 g/mol. The van der Waals surface area contributed by atoms with Crippen molar-refractivity contribution in [3.63, 3.8) is 0 Å². The van der Waals surface area contributed by atoms with Crippen LogP contribution in [0.25, 0.3) is 0 Å². The van der Waals surface area contributed by atoms with Crippen LogP contribution in [0.1, 0.15) is 26.7 Å². The van der Waals surface area contributed by atoms with Crippen molar-refractivity contribution in [2.45, 2.75) is 26.7 Å². The summed E-state index contributed by atoms with van der Waals surface area (Å²) >= 11 is 0. The monoisotopic (exact) mass is 114 g/mol. The fourth-order valence-corrected chi connectivity index (χ4v) is 0.698. The third-order valence-electron chi connectivity index (χ3n) is 1.16. The van der Waals surface area contributed by atoms with Gasteiger partial charge in [-0.2, -0.15) is 0 Å². The number of aliphatic hydroxyl groups excluding tert-OH is 1. The molecular weight excluding hydrogens is 100 g/mol. The molecule has 0 bridgehead atoms. The minimum atomic E-state index is 0.532. The standard InChI is InChI=1S/C7H14O/c1-3-4-7(2)5-6-8/h5-8H,3-4H2,1-2H3/b6-5+. The predicted octanol–water partition coefficient (Wildman–Crippen LogP) is 2.49. The molecule has 1 N–H and O–H groups in total. The highest BCUT2D eigenvalue weighted by molar-refractivity contribution is 4.77. The molecule has 0 aliphatic heterocycles. The number of hydrogen-bond acceptors (Lipinski definition) is 1. The first-order valence-electron chi connectivity index (χ1n) is 3.12. The van der Waals surface area contributed by atoms with E-state index in [4.69, 9.17) is 5.11 Å². The van der Waals surface area contributed by atoms with Crippen molar-refractivity contribution in [1.82, 2.24) is 0 Å². The van der Waals surface area contributed by atoms with Gasteiger partial charge in [-0.3, -0.25) is 0 Å². The molecule has 0 aromatic heterocycles. The first-order valence-corrected chi connectivity index (χ1v) is 3.12. The van der Waals surface area contributed by atoms with Gasteiger partial charge in [0.2, 0.25) is 0 Å². The van der Waals surface area contributed by atoms with Crippen molar-refractivity contribution >= 4 is 0 Å². The van der Waals surface area contributed by atoms with Crippen LogP contribution in [0.3, 0.4) is 0 Å². The molecule has 0 saturated heterocycles. The fourth-order valence-electron chi connectivity index (χ4n) is 0.698. The number of hydrogen-bond donors (Lipinski definition) is 1. The van der Waals surface area contributed by atoms with Gasteiger partial charge in [-0.15, -0.1) is 0 Å².